The molecule has 0 aliphatic carbocycles. The Morgan fingerprint density at radius 2 is 1.81 bits per heavy atom. The molecule has 3 aromatic carbocycles. The van der Waals surface area contributed by atoms with Crippen LogP contribution in [0.25, 0.3) is 11.1 Å². The van der Waals surface area contributed by atoms with Crippen LogP contribution >= 0.6 is 0 Å². The van der Waals surface area contributed by atoms with Crippen LogP contribution in [0, 0.1) is 5.92 Å². The molecule has 1 saturated heterocycles. The highest BCUT2D eigenvalue weighted by Crippen LogP contribution is 2.33. The molecule has 0 saturated carbocycles. The highest BCUT2D eigenvalue weighted by Gasteiger charge is 2.36. The lowest BCUT2D eigenvalue weighted by molar-refractivity contribution is -0.126. The van der Waals surface area contributed by atoms with E-state index in [0.29, 0.717) is 24.5 Å². The van der Waals surface area contributed by atoms with Crippen LogP contribution in [0.1, 0.15) is 17.5 Å². The number of hydrogen-bond acceptors (Lipinski definition) is 4. The number of carbonyl (C=O) groups excluding carboxylic acids is 2. The normalized spacial score (nSPS) is 15.2. The van der Waals surface area contributed by atoms with Crippen LogP contribution in [0.5, 0.6) is 5.75 Å². The second-order valence-corrected chi connectivity index (χ2v) is 8.85. The van der Waals surface area contributed by atoms with Gasteiger partial charge in [-0.3, -0.25) is 14.3 Å². The number of hydrogen-bond donors (Lipinski definition) is 1. The molecule has 1 aromatic heterocycles. The second-order valence-electron chi connectivity index (χ2n) is 8.85. The van der Waals surface area contributed by atoms with E-state index in [-0.39, 0.29) is 18.2 Å². The van der Waals surface area contributed by atoms with Crippen molar-refractivity contribution in [2.75, 3.05) is 18.6 Å². The Hall–Kier alpha value is -4.39. The van der Waals surface area contributed by atoms with E-state index in [1.165, 1.54) is 5.56 Å². The first kappa shape index (κ1) is 23.4. The van der Waals surface area contributed by atoms with Gasteiger partial charge in [-0.15, -0.1) is 0 Å². The van der Waals surface area contributed by atoms with Gasteiger partial charge in [-0.2, -0.15) is 5.10 Å². The van der Waals surface area contributed by atoms with Gasteiger partial charge >= 0.3 is 0 Å². The molecular weight excluding hydrogens is 452 g/mol. The van der Waals surface area contributed by atoms with Gasteiger partial charge in [0.05, 0.1) is 25.3 Å². The molecule has 0 bridgehead atoms. The van der Waals surface area contributed by atoms with E-state index in [0.717, 1.165) is 23.2 Å². The zero-order chi connectivity index (χ0) is 24.9. The summed E-state index contributed by atoms with van der Waals surface area (Å²) in [6.45, 7) is 1.45. The number of anilines is 1. The van der Waals surface area contributed by atoms with Crippen LogP contribution in [0.15, 0.2) is 91.3 Å². The number of methoxy groups -OCH3 is 1. The fourth-order valence-electron chi connectivity index (χ4n) is 4.62. The fourth-order valence-corrected chi connectivity index (χ4v) is 4.62. The Balaban J connectivity index is 1.24. The maximum Gasteiger partial charge on any atom is 0.227 e. The molecule has 182 valence electrons. The fraction of sp³-hybridized carbons (Fsp3) is 0.207. The van der Waals surface area contributed by atoms with Gasteiger partial charge < -0.3 is 15.0 Å². The topological polar surface area (TPSA) is 76.5 Å². The van der Waals surface area contributed by atoms with Gasteiger partial charge in [0, 0.05) is 31.9 Å². The van der Waals surface area contributed by atoms with Crippen LogP contribution in [-0.2, 0) is 22.7 Å². The average Bonchev–Trinajstić information content (AvgIpc) is 3.57. The van der Waals surface area contributed by atoms with Gasteiger partial charge in [-0.1, -0.05) is 60.7 Å². The first-order chi connectivity index (χ1) is 17.6. The molecule has 7 nitrogen and oxygen atoms in total. The predicted octanol–water partition coefficient (Wildman–Crippen LogP) is 4.28. The quantitative estimate of drug-likeness (QED) is 0.409. The molecule has 7 heteroatoms. The summed E-state index contributed by atoms with van der Waals surface area (Å²) in [5.41, 5.74) is 5.04. The second kappa shape index (κ2) is 10.5. The predicted molar refractivity (Wildman–Crippen MR) is 139 cm³/mol. The summed E-state index contributed by atoms with van der Waals surface area (Å²) >= 11 is 0. The van der Waals surface area contributed by atoms with Crippen LogP contribution in [0.4, 0.5) is 5.69 Å². The van der Waals surface area contributed by atoms with Gasteiger partial charge in [0.1, 0.15) is 5.75 Å². The number of rotatable bonds is 8. The van der Waals surface area contributed by atoms with Crippen molar-refractivity contribution >= 4 is 17.5 Å². The monoisotopic (exact) mass is 480 g/mol. The lowest BCUT2D eigenvalue weighted by atomic mass is 9.98. The standard InChI is InChI=1S/C29H28N4O3/c1-36-27-10-5-4-9-26(27)33-20-24(17-28(33)34)29(35)30-18-23-7-2-3-8-25(23)22-13-11-21(12-14-22)19-32-16-6-15-31-32/h2-16,24H,17-20H2,1H3,(H,30,35). The molecule has 5 rings (SSSR count). The first-order valence-electron chi connectivity index (χ1n) is 12.0. The highest BCUT2D eigenvalue weighted by molar-refractivity contribution is 6.01. The molecular formula is C29H28N4O3. The number of nitrogens with one attached hydrogen (secondary N) is 1. The minimum atomic E-state index is -0.406. The summed E-state index contributed by atoms with van der Waals surface area (Å²) in [6.07, 6.45) is 3.90. The number of amides is 2. The summed E-state index contributed by atoms with van der Waals surface area (Å²) in [7, 11) is 1.58. The van der Waals surface area contributed by atoms with Crippen molar-refractivity contribution in [2.24, 2.45) is 5.92 Å². The first-order valence-corrected chi connectivity index (χ1v) is 12.0. The number of para-hydroxylation sites is 2. The number of aromatic nitrogens is 2. The molecule has 1 fully saturated rings. The van der Waals surface area contributed by atoms with Crippen molar-refractivity contribution in [3.05, 3.63) is 102 Å². The van der Waals surface area contributed by atoms with Crippen molar-refractivity contribution in [1.82, 2.24) is 15.1 Å². The SMILES string of the molecule is COc1ccccc1N1CC(C(=O)NCc2ccccc2-c2ccc(Cn3cccn3)cc2)CC1=O. The van der Waals surface area contributed by atoms with Crippen molar-refractivity contribution in [1.29, 1.82) is 0 Å². The molecule has 0 spiro atoms. The number of carbonyl (C=O) groups is 2. The Morgan fingerprint density at radius 1 is 1.03 bits per heavy atom. The molecule has 1 N–H and O–H groups in total. The zero-order valence-corrected chi connectivity index (χ0v) is 20.1. The van der Waals surface area contributed by atoms with Gasteiger partial charge in [-0.05, 0) is 40.5 Å². The Bertz CT molecular complexity index is 1350. The third kappa shape index (κ3) is 5.00. The third-order valence-corrected chi connectivity index (χ3v) is 6.51. The minimum absolute atomic E-state index is 0.0738. The van der Waals surface area contributed by atoms with E-state index in [4.69, 9.17) is 4.74 Å². The van der Waals surface area contributed by atoms with Crippen molar-refractivity contribution in [3.63, 3.8) is 0 Å². The van der Waals surface area contributed by atoms with Gasteiger partial charge in [-0.25, -0.2) is 0 Å². The van der Waals surface area contributed by atoms with Crippen molar-refractivity contribution in [3.8, 4) is 16.9 Å². The van der Waals surface area contributed by atoms with E-state index in [1.807, 2.05) is 59.4 Å². The summed E-state index contributed by atoms with van der Waals surface area (Å²) in [5, 5.41) is 7.31. The van der Waals surface area contributed by atoms with E-state index >= 15 is 0 Å². The number of nitrogens with zero attached hydrogens (tertiary/aromatic N) is 3. The number of benzene rings is 3. The average molecular weight is 481 g/mol. The van der Waals surface area contributed by atoms with E-state index < -0.39 is 5.92 Å². The van der Waals surface area contributed by atoms with E-state index in [2.05, 4.69) is 40.7 Å². The van der Waals surface area contributed by atoms with Gasteiger partial charge in [0.25, 0.3) is 0 Å². The Kier molecular flexibility index (Phi) is 6.80. The molecule has 0 radical (unpaired) electrons. The lowest BCUT2D eigenvalue weighted by Gasteiger charge is -2.19. The maximum atomic E-state index is 13.0. The maximum absolute atomic E-state index is 13.0. The third-order valence-electron chi connectivity index (χ3n) is 6.51. The molecule has 1 atom stereocenters. The highest BCUT2D eigenvalue weighted by atomic mass is 16.5. The molecule has 2 amide bonds. The smallest absolute Gasteiger partial charge is 0.227 e. The molecule has 4 aromatic rings. The van der Waals surface area contributed by atoms with Gasteiger partial charge in [0.15, 0.2) is 0 Å². The summed E-state index contributed by atoms with van der Waals surface area (Å²) in [6, 6.07) is 25.7. The lowest BCUT2D eigenvalue weighted by Crippen LogP contribution is -2.32. The molecule has 1 unspecified atom stereocenters. The van der Waals surface area contributed by atoms with Gasteiger partial charge in [0.2, 0.25) is 11.8 Å². The van der Waals surface area contributed by atoms with Crippen LogP contribution in [-0.4, -0.2) is 35.2 Å². The molecule has 36 heavy (non-hydrogen) atoms. The zero-order valence-electron chi connectivity index (χ0n) is 20.1. The van der Waals surface area contributed by atoms with Crippen LogP contribution in [0.2, 0.25) is 0 Å². The molecule has 1 aliphatic heterocycles. The number of ether oxygens (including phenoxy) is 1. The summed E-state index contributed by atoms with van der Waals surface area (Å²) in [4.78, 5) is 27.3. The van der Waals surface area contributed by atoms with Crippen molar-refractivity contribution in [2.45, 2.75) is 19.5 Å². The minimum Gasteiger partial charge on any atom is -0.495 e. The molecule has 2 heterocycles. The summed E-state index contributed by atoms with van der Waals surface area (Å²) < 4.78 is 7.29. The summed E-state index contributed by atoms with van der Waals surface area (Å²) in [5.74, 6) is 0.0213. The van der Waals surface area contributed by atoms with Crippen LogP contribution in [0.3, 0.4) is 0 Å². The Morgan fingerprint density at radius 3 is 2.58 bits per heavy atom. The van der Waals surface area contributed by atoms with Crippen molar-refractivity contribution < 1.29 is 14.3 Å². The Labute approximate surface area is 210 Å². The largest absolute Gasteiger partial charge is 0.495 e. The molecule has 1 aliphatic rings. The van der Waals surface area contributed by atoms with E-state index in [9.17, 15) is 9.59 Å². The van der Waals surface area contributed by atoms with E-state index in [1.54, 1.807) is 18.2 Å². The van der Waals surface area contributed by atoms with Crippen LogP contribution < -0.4 is 15.0 Å².